The second kappa shape index (κ2) is 10.9. The standard InChI is InChI=1S/C32H32N2O2/c35-30-23-32(36,29-19-11-4-12-20-29)31(28-17-9-3-10-18-28)34(25-27-15-7-2-8-16-27)22-21-33(30)24-26-13-5-1-6-14-26/h1-20,31,36H,21-25H2. The Morgan fingerprint density at radius 3 is 1.75 bits per heavy atom. The van der Waals surface area contributed by atoms with Crippen molar-refractivity contribution in [1.29, 1.82) is 0 Å². The van der Waals surface area contributed by atoms with Crippen LogP contribution in [0.5, 0.6) is 0 Å². The van der Waals surface area contributed by atoms with Gasteiger partial charge < -0.3 is 10.0 Å². The summed E-state index contributed by atoms with van der Waals surface area (Å²) in [5.41, 5.74) is 2.62. The Morgan fingerprint density at radius 1 is 0.667 bits per heavy atom. The fourth-order valence-corrected chi connectivity index (χ4v) is 5.31. The quantitative estimate of drug-likeness (QED) is 0.397. The summed E-state index contributed by atoms with van der Waals surface area (Å²) < 4.78 is 0. The van der Waals surface area contributed by atoms with Gasteiger partial charge in [0.15, 0.2) is 0 Å². The summed E-state index contributed by atoms with van der Waals surface area (Å²) in [7, 11) is 0. The second-order valence-corrected chi connectivity index (χ2v) is 9.54. The van der Waals surface area contributed by atoms with E-state index in [4.69, 9.17) is 0 Å². The summed E-state index contributed by atoms with van der Waals surface area (Å²) in [5, 5.41) is 12.6. The van der Waals surface area contributed by atoms with Gasteiger partial charge in [-0.3, -0.25) is 9.69 Å². The van der Waals surface area contributed by atoms with Crippen LogP contribution in [0.3, 0.4) is 0 Å². The molecule has 1 amide bonds. The van der Waals surface area contributed by atoms with E-state index in [1.807, 2.05) is 102 Å². The molecule has 0 aliphatic carbocycles. The fraction of sp³-hybridized carbons (Fsp3) is 0.219. The maximum atomic E-state index is 13.7. The summed E-state index contributed by atoms with van der Waals surface area (Å²) in [6, 6.07) is 39.8. The number of hydrogen-bond donors (Lipinski definition) is 1. The lowest BCUT2D eigenvalue weighted by Crippen LogP contribution is -2.52. The molecular formula is C32H32N2O2. The number of rotatable bonds is 6. The van der Waals surface area contributed by atoms with E-state index in [0.29, 0.717) is 26.2 Å². The third-order valence-corrected chi connectivity index (χ3v) is 7.08. The molecule has 4 aromatic rings. The van der Waals surface area contributed by atoms with Crippen LogP contribution in [0.4, 0.5) is 0 Å². The van der Waals surface area contributed by atoms with Crippen LogP contribution in [-0.4, -0.2) is 33.9 Å². The molecule has 1 saturated heterocycles. The zero-order valence-electron chi connectivity index (χ0n) is 20.4. The molecule has 0 spiro atoms. The van der Waals surface area contributed by atoms with Crippen molar-refractivity contribution in [3.05, 3.63) is 144 Å². The van der Waals surface area contributed by atoms with Crippen molar-refractivity contribution in [3.8, 4) is 0 Å². The molecule has 36 heavy (non-hydrogen) atoms. The molecule has 182 valence electrons. The van der Waals surface area contributed by atoms with Crippen molar-refractivity contribution in [2.45, 2.75) is 31.2 Å². The average molecular weight is 477 g/mol. The monoisotopic (exact) mass is 476 g/mol. The molecule has 0 saturated carbocycles. The topological polar surface area (TPSA) is 43.8 Å². The lowest BCUT2D eigenvalue weighted by molar-refractivity contribution is -0.147. The first kappa shape index (κ1) is 24.0. The molecule has 1 aliphatic heterocycles. The smallest absolute Gasteiger partial charge is 0.226 e. The molecule has 4 heteroatoms. The molecule has 4 aromatic carbocycles. The summed E-state index contributed by atoms with van der Waals surface area (Å²) >= 11 is 0. The molecule has 1 N–H and O–H groups in total. The van der Waals surface area contributed by atoms with E-state index in [1.54, 1.807) is 0 Å². The Bertz CT molecular complexity index is 1250. The SMILES string of the molecule is O=C1CC(O)(c2ccccc2)C(c2ccccc2)N(Cc2ccccc2)CCN1Cc1ccccc1. The lowest BCUT2D eigenvalue weighted by Gasteiger charge is -2.46. The predicted octanol–water partition coefficient (Wildman–Crippen LogP) is 5.55. The van der Waals surface area contributed by atoms with Crippen molar-refractivity contribution >= 4 is 5.91 Å². The summed E-state index contributed by atoms with van der Waals surface area (Å²) in [4.78, 5) is 18.0. The van der Waals surface area contributed by atoms with E-state index in [0.717, 1.165) is 16.7 Å². The van der Waals surface area contributed by atoms with Crippen molar-refractivity contribution < 1.29 is 9.90 Å². The molecule has 0 aromatic heterocycles. The number of aliphatic hydroxyl groups is 1. The maximum absolute atomic E-state index is 13.7. The Hall–Kier alpha value is -3.73. The largest absolute Gasteiger partial charge is 0.383 e. The molecule has 1 fully saturated rings. The van der Waals surface area contributed by atoms with E-state index >= 15 is 0 Å². The van der Waals surface area contributed by atoms with Crippen LogP contribution < -0.4 is 0 Å². The van der Waals surface area contributed by atoms with Crippen molar-refractivity contribution in [2.24, 2.45) is 0 Å². The Labute approximate surface area is 213 Å². The highest BCUT2D eigenvalue weighted by Gasteiger charge is 2.46. The number of nitrogens with zero attached hydrogens (tertiary/aromatic N) is 2. The first-order valence-corrected chi connectivity index (χ1v) is 12.6. The third-order valence-electron chi connectivity index (χ3n) is 7.08. The summed E-state index contributed by atoms with van der Waals surface area (Å²) in [6.07, 6.45) is 0.00863. The second-order valence-electron chi connectivity index (χ2n) is 9.54. The molecule has 2 atom stereocenters. The normalized spacial score (nSPS) is 21.1. The average Bonchev–Trinajstić information content (AvgIpc) is 2.92. The van der Waals surface area contributed by atoms with Gasteiger partial charge in [-0.15, -0.1) is 0 Å². The number of amides is 1. The van der Waals surface area contributed by atoms with Gasteiger partial charge in [0.2, 0.25) is 5.91 Å². The summed E-state index contributed by atoms with van der Waals surface area (Å²) in [6.45, 7) is 2.43. The number of benzene rings is 4. The highest BCUT2D eigenvalue weighted by Crippen LogP contribution is 2.44. The zero-order chi connectivity index (χ0) is 24.8. The third kappa shape index (κ3) is 5.25. The molecular weight excluding hydrogens is 444 g/mol. The zero-order valence-corrected chi connectivity index (χ0v) is 20.4. The molecule has 1 aliphatic rings. The van der Waals surface area contributed by atoms with Gasteiger partial charge in [0.05, 0.1) is 12.5 Å². The van der Waals surface area contributed by atoms with Crippen molar-refractivity contribution in [3.63, 3.8) is 0 Å². The number of carbonyl (C=O) groups is 1. The van der Waals surface area contributed by atoms with Crippen LogP contribution in [0.15, 0.2) is 121 Å². The predicted molar refractivity (Wildman–Crippen MR) is 143 cm³/mol. The van der Waals surface area contributed by atoms with E-state index in [-0.39, 0.29) is 18.4 Å². The van der Waals surface area contributed by atoms with Crippen LogP contribution in [0, 0.1) is 0 Å². The fourth-order valence-electron chi connectivity index (χ4n) is 5.31. The van der Waals surface area contributed by atoms with E-state index in [2.05, 4.69) is 29.2 Å². The van der Waals surface area contributed by atoms with Gasteiger partial charge in [0.25, 0.3) is 0 Å². The first-order chi connectivity index (χ1) is 17.6. The van der Waals surface area contributed by atoms with E-state index in [9.17, 15) is 9.90 Å². The van der Waals surface area contributed by atoms with Crippen LogP contribution in [0.25, 0.3) is 0 Å². The molecule has 5 rings (SSSR count). The molecule has 1 heterocycles. The van der Waals surface area contributed by atoms with Gasteiger partial charge in [-0.05, 0) is 22.3 Å². The van der Waals surface area contributed by atoms with Gasteiger partial charge in [-0.1, -0.05) is 121 Å². The van der Waals surface area contributed by atoms with Crippen LogP contribution in [-0.2, 0) is 23.5 Å². The molecule has 4 nitrogen and oxygen atoms in total. The summed E-state index contributed by atoms with van der Waals surface area (Å²) in [5.74, 6) is -0.0366. The Morgan fingerprint density at radius 2 is 1.17 bits per heavy atom. The van der Waals surface area contributed by atoms with Gasteiger partial charge in [0.1, 0.15) is 5.60 Å². The van der Waals surface area contributed by atoms with Crippen molar-refractivity contribution in [1.82, 2.24) is 9.80 Å². The molecule has 2 unspecified atom stereocenters. The van der Waals surface area contributed by atoms with Gasteiger partial charge in [-0.25, -0.2) is 0 Å². The maximum Gasteiger partial charge on any atom is 0.226 e. The number of hydrogen-bond acceptors (Lipinski definition) is 3. The highest BCUT2D eigenvalue weighted by atomic mass is 16.3. The van der Waals surface area contributed by atoms with Gasteiger partial charge >= 0.3 is 0 Å². The van der Waals surface area contributed by atoms with Crippen LogP contribution in [0.2, 0.25) is 0 Å². The van der Waals surface area contributed by atoms with E-state index in [1.165, 1.54) is 5.56 Å². The van der Waals surface area contributed by atoms with Crippen LogP contribution >= 0.6 is 0 Å². The minimum atomic E-state index is -1.40. The van der Waals surface area contributed by atoms with Gasteiger partial charge in [-0.2, -0.15) is 0 Å². The Balaban J connectivity index is 1.59. The minimum absolute atomic E-state index is 0.00863. The lowest BCUT2D eigenvalue weighted by atomic mass is 9.78. The minimum Gasteiger partial charge on any atom is -0.383 e. The van der Waals surface area contributed by atoms with E-state index < -0.39 is 5.60 Å². The molecule has 0 radical (unpaired) electrons. The Kier molecular flexibility index (Phi) is 7.26. The highest BCUT2D eigenvalue weighted by molar-refractivity contribution is 5.78. The van der Waals surface area contributed by atoms with Crippen molar-refractivity contribution in [2.75, 3.05) is 13.1 Å². The van der Waals surface area contributed by atoms with Crippen LogP contribution in [0.1, 0.15) is 34.7 Å². The first-order valence-electron chi connectivity index (χ1n) is 12.6. The molecule has 0 bridgehead atoms. The van der Waals surface area contributed by atoms with Gasteiger partial charge in [0, 0.05) is 26.2 Å². The number of carbonyl (C=O) groups excluding carboxylic acids is 1.